The number of aromatic nitrogens is 1. The summed E-state index contributed by atoms with van der Waals surface area (Å²) in [4.78, 5) is 16.1. The quantitative estimate of drug-likeness (QED) is 0.639. The van der Waals surface area contributed by atoms with Gasteiger partial charge in [0, 0.05) is 11.6 Å². The highest BCUT2D eigenvalue weighted by Crippen LogP contribution is 2.38. The van der Waals surface area contributed by atoms with E-state index < -0.39 is 5.91 Å². The molecule has 0 aliphatic heterocycles. The third kappa shape index (κ3) is 3.83. The highest BCUT2D eigenvalue weighted by molar-refractivity contribution is 7.13. The monoisotopic (exact) mass is 345 g/mol. The molecule has 0 saturated carbocycles. The summed E-state index contributed by atoms with van der Waals surface area (Å²) in [6.45, 7) is 0. The number of benzene rings is 1. The molecule has 0 radical (unpaired) electrons. The number of hydrogen-bond donors (Lipinski definition) is 1. The molecule has 7 nitrogen and oxygen atoms in total. The molecule has 124 valence electrons. The first-order valence-corrected chi connectivity index (χ1v) is 7.63. The molecule has 2 rings (SSSR count). The molecule has 0 unspecified atom stereocenters. The van der Waals surface area contributed by atoms with E-state index in [9.17, 15) is 10.1 Å². The zero-order chi connectivity index (χ0) is 17.5. The van der Waals surface area contributed by atoms with Gasteiger partial charge in [-0.05, 0) is 23.8 Å². The molecule has 0 spiro atoms. The zero-order valence-corrected chi connectivity index (χ0v) is 14.1. The second-order valence-corrected chi connectivity index (χ2v) is 5.31. The van der Waals surface area contributed by atoms with E-state index >= 15 is 0 Å². The Kier molecular flexibility index (Phi) is 5.76. The summed E-state index contributed by atoms with van der Waals surface area (Å²) in [6, 6.07) is 5.18. The largest absolute Gasteiger partial charge is 0.493 e. The van der Waals surface area contributed by atoms with Crippen molar-refractivity contribution in [2.75, 3.05) is 26.6 Å². The topological polar surface area (TPSA) is 93.5 Å². The smallest absolute Gasteiger partial charge is 0.268 e. The van der Waals surface area contributed by atoms with Gasteiger partial charge in [-0.25, -0.2) is 4.98 Å². The van der Waals surface area contributed by atoms with Crippen LogP contribution in [0.2, 0.25) is 0 Å². The van der Waals surface area contributed by atoms with Crippen molar-refractivity contribution in [2.24, 2.45) is 0 Å². The Balaban J connectivity index is 2.36. The summed E-state index contributed by atoms with van der Waals surface area (Å²) in [5, 5.41) is 14.0. The fourth-order valence-electron chi connectivity index (χ4n) is 1.95. The SMILES string of the molecule is COc1cc(C=C(C#N)C(=O)Nc2nccs2)cc(OC)c1OC. The van der Waals surface area contributed by atoms with Gasteiger partial charge in [0.25, 0.3) is 5.91 Å². The summed E-state index contributed by atoms with van der Waals surface area (Å²) in [6.07, 6.45) is 3.00. The molecule has 1 aromatic carbocycles. The van der Waals surface area contributed by atoms with E-state index in [-0.39, 0.29) is 5.57 Å². The van der Waals surface area contributed by atoms with Crippen molar-refractivity contribution in [3.8, 4) is 23.3 Å². The van der Waals surface area contributed by atoms with Crippen LogP contribution in [-0.2, 0) is 4.79 Å². The lowest BCUT2D eigenvalue weighted by molar-refractivity contribution is -0.112. The lowest BCUT2D eigenvalue weighted by atomic mass is 10.1. The van der Waals surface area contributed by atoms with Crippen LogP contribution in [0, 0.1) is 11.3 Å². The van der Waals surface area contributed by atoms with Gasteiger partial charge < -0.3 is 14.2 Å². The Bertz CT molecular complexity index is 769. The molecular weight excluding hydrogens is 330 g/mol. The predicted octanol–water partition coefficient (Wildman–Crippen LogP) is 2.71. The van der Waals surface area contributed by atoms with Crippen LogP contribution in [0.4, 0.5) is 5.13 Å². The fraction of sp³-hybridized carbons (Fsp3) is 0.188. The Morgan fingerprint density at radius 1 is 1.25 bits per heavy atom. The summed E-state index contributed by atoms with van der Waals surface area (Å²) in [7, 11) is 4.48. The first-order valence-electron chi connectivity index (χ1n) is 6.75. The van der Waals surface area contributed by atoms with Gasteiger partial charge in [-0.15, -0.1) is 11.3 Å². The third-order valence-corrected chi connectivity index (χ3v) is 3.70. The lowest BCUT2D eigenvalue weighted by Crippen LogP contribution is -2.13. The number of rotatable bonds is 6. The maximum absolute atomic E-state index is 12.2. The van der Waals surface area contributed by atoms with Gasteiger partial charge in [0.05, 0.1) is 21.3 Å². The van der Waals surface area contributed by atoms with Crippen LogP contribution in [-0.4, -0.2) is 32.2 Å². The maximum atomic E-state index is 12.2. The highest BCUT2D eigenvalue weighted by atomic mass is 32.1. The molecule has 0 saturated heterocycles. The molecule has 0 aliphatic carbocycles. The maximum Gasteiger partial charge on any atom is 0.268 e. The molecule has 2 aromatic rings. The molecule has 24 heavy (non-hydrogen) atoms. The van der Waals surface area contributed by atoms with Crippen LogP contribution in [0.15, 0.2) is 29.3 Å². The minimum Gasteiger partial charge on any atom is -0.493 e. The van der Waals surface area contributed by atoms with Crippen LogP contribution in [0.25, 0.3) is 6.08 Å². The van der Waals surface area contributed by atoms with Gasteiger partial charge in [0.15, 0.2) is 16.6 Å². The van der Waals surface area contributed by atoms with Crippen molar-refractivity contribution in [3.05, 3.63) is 34.8 Å². The van der Waals surface area contributed by atoms with Crippen molar-refractivity contribution in [1.82, 2.24) is 4.98 Å². The van der Waals surface area contributed by atoms with Crippen molar-refractivity contribution in [3.63, 3.8) is 0 Å². The van der Waals surface area contributed by atoms with Gasteiger partial charge >= 0.3 is 0 Å². The number of methoxy groups -OCH3 is 3. The number of nitriles is 1. The summed E-state index contributed by atoms with van der Waals surface area (Å²) >= 11 is 1.27. The molecule has 0 aliphatic rings. The van der Waals surface area contributed by atoms with Gasteiger partial charge in [-0.2, -0.15) is 5.26 Å². The predicted molar refractivity (Wildman–Crippen MR) is 90.4 cm³/mol. The normalized spacial score (nSPS) is 10.7. The van der Waals surface area contributed by atoms with Crippen LogP contribution < -0.4 is 19.5 Å². The standard InChI is InChI=1S/C16H15N3O4S/c1-21-12-7-10(8-13(22-2)14(12)23-3)6-11(9-17)15(20)19-16-18-4-5-24-16/h4-8H,1-3H3,(H,18,19,20). The fourth-order valence-corrected chi connectivity index (χ4v) is 2.47. The van der Waals surface area contributed by atoms with Crippen LogP contribution >= 0.6 is 11.3 Å². The number of nitrogens with one attached hydrogen (secondary N) is 1. The van der Waals surface area contributed by atoms with Gasteiger partial charge in [0.2, 0.25) is 5.75 Å². The number of ether oxygens (including phenoxy) is 3. The van der Waals surface area contributed by atoms with Crippen molar-refractivity contribution < 1.29 is 19.0 Å². The molecular formula is C16H15N3O4S. The number of carbonyl (C=O) groups excluding carboxylic acids is 1. The van der Waals surface area contributed by atoms with Crippen LogP contribution in [0.5, 0.6) is 17.2 Å². The Labute approximate surface area is 143 Å². The van der Waals surface area contributed by atoms with E-state index in [0.29, 0.717) is 27.9 Å². The van der Waals surface area contributed by atoms with E-state index in [2.05, 4.69) is 10.3 Å². The Morgan fingerprint density at radius 3 is 2.38 bits per heavy atom. The third-order valence-electron chi connectivity index (χ3n) is 3.02. The highest BCUT2D eigenvalue weighted by Gasteiger charge is 2.15. The molecule has 1 N–H and O–H groups in total. The number of amides is 1. The summed E-state index contributed by atoms with van der Waals surface area (Å²) < 4.78 is 15.7. The van der Waals surface area contributed by atoms with E-state index in [1.54, 1.807) is 23.7 Å². The molecule has 1 amide bonds. The van der Waals surface area contributed by atoms with Crippen LogP contribution in [0.1, 0.15) is 5.56 Å². The minimum atomic E-state index is -0.541. The van der Waals surface area contributed by atoms with Gasteiger partial charge in [-0.1, -0.05) is 0 Å². The van der Waals surface area contributed by atoms with Crippen molar-refractivity contribution in [2.45, 2.75) is 0 Å². The lowest BCUT2D eigenvalue weighted by Gasteiger charge is -2.13. The van der Waals surface area contributed by atoms with E-state index in [1.165, 1.54) is 38.7 Å². The Hall–Kier alpha value is -3.05. The molecule has 8 heteroatoms. The van der Waals surface area contributed by atoms with Gasteiger partial charge in [0.1, 0.15) is 11.6 Å². The first-order chi connectivity index (χ1) is 11.6. The summed E-state index contributed by atoms with van der Waals surface area (Å²) in [5.41, 5.74) is 0.495. The first kappa shape index (κ1) is 17.3. The number of anilines is 1. The minimum absolute atomic E-state index is 0.0699. The molecule has 0 fully saturated rings. The van der Waals surface area contributed by atoms with Gasteiger partial charge in [-0.3, -0.25) is 10.1 Å². The second-order valence-electron chi connectivity index (χ2n) is 4.42. The van der Waals surface area contributed by atoms with Crippen molar-refractivity contribution in [1.29, 1.82) is 5.26 Å². The molecule has 1 aromatic heterocycles. The molecule has 1 heterocycles. The second kappa shape index (κ2) is 7.99. The number of carbonyl (C=O) groups is 1. The summed E-state index contributed by atoms with van der Waals surface area (Å²) in [5.74, 6) is 0.755. The molecule has 0 bridgehead atoms. The molecule has 0 atom stereocenters. The average Bonchev–Trinajstić information content (AvgIpc) is 3.11. The van der Waals surface area contributed by atoms with E-state index in [1.807, 2.05) is 6.07 Å². The Morgan fingerprint density at radius 2 is 1.92 bits per heavy atom. The van der Waals surface area contributed by atoms with E-state index in [4.69, 9.17) is 14.2 Å². The zero-order valence-electron chi connectivity index (χ0n) is 13.3. The average molecular weight is 345 g/mol. The number of nitrogens with zero attached hydrogens (tertiary/aromatic N) is 2. The number of hydrogen-bond acceptors (Lipinski definition) is 7. The van der Waals surface area contributed by atoms with Crippen LogP contribution in [0.3, 0.4) is 0 Å². The van der Waals surface area contributed by atoms with E-state index in [0.717, 1.165) is 0 Å². The van der Waals surface area contributed by atoms with Crippen molar-refractivity contribution >= 4 is 28.5 Å². The number of thiazole rings is 1.